The average Bonchev–Trinajstić information content (AvgIpc) is 3.10. The Bertz CT molecular complexity index is 903. The Labute approximate surface area is 156 Å². The first kappa shape index (κ1) is 17.1. The number of fused-ring (bicyclic) bond motifs is 1. The lowest BCUT2D eigenvalue weighted by Crippen LogP contribution is -2.37. The summed E-state index contributed by atoms with van der Waals surface area (Å²) >= 11 is 1.65. The number of benzene rings is 1. The highest BCUT2D eigenvalue weighted by Gasteiger charge is 2.19. The number of aromatic nitrogens is 4. The van der Waals surface area contributed by atoms with Crippen LogP contribution >= 0.6 is 11.8 Å². The summed E-state index contributed by atoms with van der Waals surface area (Å²) in [6.07, 6.45) is 5.85. The molecule has 0 bridgehead atoms. The molecule has 0 radical (unpaired) electrons. The van der Waals surface area contributed by atoms with E-state index >= 15 is 0 Å². The van der Waals surface area contributed by atoms with E-state index in [1.165, 1.54) is 0 Å². The Morgan fingerprint density at radius 1 is 1.15 bits per heavy atom. The van der Waals surface area contributed by atoms with E-state index < -0.39 is 0 Å². The third kappa shape index (κ3) is 3.59. The summed E-state index contributed by atoms with van der Waals surface area (Å²) in [6, 6.07) is 10.2. The van der Waals surface area contributed by atoms with Gasteiger partial charge < -0.3 is 9.64 Å². The monoisotopic (exact) mass is 367 g/mol. The first-order valence-corrected chi connectivity index (χ1v) is 9.77. The molecule has 1 aliphatic heterocycles. The molecular formula is C19H21N5OS. The summed E-state index contributed by atoms with van der Waals surface area (Å²) in [5.41, 5.74) is 1.96. The summed E-state index contributed by atoms with van der Waals surface area (Å²) in [4.78, 5) is 11.8. The molecule has 7 heteroatoms. The zero-order chi connectivity index (χ0) is 17.8. The lowest BCUT2D eigenvalue weighted by molar-refractivity contribution is 0.122. The minimum atomic E-state index is 0.726. The van der Waals surface area contributed by atoms with Crippen LogP contribution in [0.25, 0.3) is 23.3 Å². The number of anilines is 1. The molecule has 4 rings (SSSR count). The summed E-state index contributed by atoms with van der Waals surface area (Å²) in [5, 5.41) is 6.29. The van der Waals surface area contributed by atoms with Crippen molar-refractivity contribution in [3.8, 4) is 0 Å². The summed E-state index contributed by atoms with van der Waals surface area (Å²) in [5.74, 6) is 1.89. The van der Waals surface area contributed by atoms with E-state index in [0.717, 1.165) is 59.6 Å². The van der Waals surface area contributed by atoms with E-state index in [1.807, 2.05) is 41.4 Å². The Balaban J connectivity index is 1.75. The number of nitrogens with zero attached hydrogens (tertiary/aromatic N) is 5. The first-order valence-electron chi connectivity index (χ1n) is 8.79. The van der Waals surface area contributed by atoms with Gasteiger partial charge in [-0.2, -0.15) is 5.10 Å². The van der Waals surface area contributed by atoms with Crippen molar-refractivity contribution in [3.63, 3.8) is 0 Å². The molecule has 134 valence electrons. The third-order valence-corrected chi connectivity index (χ3v) is 4.93. The van der Waals surface area contributed by atoms with E-state index in [0.29, 0.717) is 0 Å². The third-order valence-electron chi connectivity index (χ3n) is 4.20. The largest absolute Gasteiger partial charge is 0.378 e. The van der Waals surface area contributed by atoms with Crippen molar-refractivity contribution in [1.29, 1.82) is 0 Å². The van der Waals surface area contributed by atoms with Crippen LogP contribution in [0.2, 0.25) is 0 Å². The van der Waals surface area contributed by atoms with Crippen LogP contribution in [0.4, 0.5) is 5.82 Å². The van der Waals surface area contributed by atoms with Gasteiger partial charge in [0.15, 0.2) is 10.8 Å². The molecular weight excluding hydrogens is 346 g/mol. The predicted molar refractivity (Wildman–Crippen MR) is 106 cm³/mol. The highest BCUT2D eigenvalue weighted by molar-refractivity contribution is 7.99. The number of morpholine rings is 1. The van der Waals surface area contributed by atoms with Crippen molar-refractivity contribution in [1.82, 2.24) is 19.7 Å². The standard InChI is InChI=1S/C19H21N5OS/c1-2-26-19-21-17(23-10-12-25-13-11-23)16-14-20-24(18(16)22-19)9-8-15-6-4-3-5-7-15/h3-9,14H,2,10-13H2,1H3/b9-8-. The average molecular weight is 367 g/mol. The molecule has 1 fully saturated rings. The lowest BCUT2D eigenvalue weighted by Gasteiger charge is -2.28. The molecule has 6 nitrogen and oxygen atoms in total. The van der Waals surface area contributed by atoms with Crippen LogP contribution in [0.3, 0.4) is 0 Å². The fourth-order valence-corrected chi connectivity index (χ4v) is 3.49. The zero-order valence-corrected chi connectivity index (χ0v) is 15.5. The Morgan fingerprint density at radius 2 is 1.96 bits per heavy atom. The van der Waals surface area contributed by atoms with Crippen LogP contribution in [0.15, 0.2) is 41.7 Å². The summed E-state index contributed by atoms with van der Waals surface area (Å²) in [6.45, 7) is 5.24. The normalized spacial score (nSPS) is 15.2. The maximum atomic E-state index is 5.48. The van der Waals surface area contributed by atoms with Crippen molar-refractivity contribution in [2.45, 2.75) is 12.1 Å². The van der Waals surface area contributed by atoms with Crippen LogP contribution < -0.4 is 4.90 Å². The molecule has 0 atom stereocenters. The van der Waals surface area contributed by atoms with Gasteiger partial charge in [-0.3, -0.25) is 0 Å². The van der Waals surface area contributed by atoms with Crippen LogP contribution in [0.5, 0.6) is 0 Å². The SMILES string of the molecule is CCSc1nc(N2CCOCC2)c2cnn(/C=C\c3ccccc3)c2n1. The van der Waals surface area contributed by atoms with Crippen molar-refractivity contribution >= 4 is 40.9 Å². The van der Waals surface area contributed by atoms with Crippen molar-refractivity contribution in [2.24, 2.45) is 0 Å². The minimum absolute atomic E-state index is 0.726. The number of ether oxygens (including phenoxy) is 1. The van der Waals surface area contributed by atoms with E-state index in [2.05, 4.69) is 29.1 Å². The van der Waals surface area contributed by atoms with Crippen LogP contribution in [-0.2, 0) is 4.74 Å². The second kappa shape index (κ2) is 7.88. The molecule has 3 heterocycles. The zero-order valence-electron chi connectivity index (χ0n) is 14.7. The van der Waals surface area contributed by atoms with Crippen LogP contribution in [0, 0.1) is 0 Å². The summed E-state index contributed by atoms with van der Waals surface area (Å²) < 4.78 is 7.31. The molecule has 0 aliphatic carbocycles. The molecule has 0 amide bonds. The molecule has 2 aromatic heterocycles. The molecule has 1 aliphatic rings. The summed E-state index contributed by atoms with van der Waals surface area (Å²) in [7, 11) is 0. The van der Waals surface area contributed by atoms with Crippen molar-refractivity contribution in [3.05, 3.63) is 42.1 Å². The Morgan fingerprint density at radius 3 is 2.73 bits per heavy atom. The van der Waals surface area contributed by atoms with Gasteiger partial charge in [-0.25, -0.2) is 14.6 Å². The molecule has 1 aromatic carbocycles. The van der Waals surface area contributed by atoms with Gasteiger partial charge in [0.05, 0.1) is 24.8 Å². The van der Waals surface area contributed by atoms with Gasteiger partial charge in [0.1, 0.15) is 5.82 Å². The highest BCUT2D eigenvalue weighted by Crippen LogP contribution is 2.28. The first-order chi connectivity index (χ1) is 12.8. The van der Waals surface area contributed by atoms with Crippen LogP contribution in [-0.4, -0.2) is 51.8 Å². The number of hydrogen-bond donors (Lipinski definition) is 0. The lowest BCUT2D eigenvalue weighted by atomic mass is 10.2. The van der Waals surface area contributed by atoms with E-state index in [9.17, 15) is 0 Å². The smallest absolute Gasteiger partial charge is 0.191 e. The molecule has 3 aromatic rings. The van der Waals surface area contributed by atoms with E-state index in [-0.39, 0.29) is 0 Å². The molecule has 0 unspecified atom stereocenters. The van der Waals surface area contributed by atoms with E-state index in [4.69, 9.17) is 14.7 Å². The number of hydrogen-bond acceptors (Lipinski definition) is 6. The van der Waals surface area contributed by atoms with Gasteiger partial charge in [-0.15, -0.1) is 0 Å². The fourth-order valence-electron chi connectivity index (χ4n) is 2.93. The van der Waals surface area contributed by atoms with Gasteiger partial charge in [0.2, 0.25) is 0 Å². The van der Waals surface area contributed by atoms with Gasteiger partial charge >= 0.3 is 0 Å². The molecule has 0 N–H and O–H groups in total. The molecule has 1 saturated heterocycles. The Kier molecular flexibility index (Phi) is 5.17. The Hall–Kier alpha value is -2.38. The quantitative estimate of drug-likeness (QED) is 0.509. The minimum Gasteiger partial charge on any atom is -0.378 e. The van der Waals surface area contributed by atoms with Gasteiger partial charge in [0, 0.05) is 19.3 Å². The maximum Gasteiger partial charge on any atom is 0.191 e. The van der Waals surface area contributed by atoms with Crippen LogP contribution in [0.1, 0.15) is 12.5 Å². The van der Waals surface area contributed by atoms with Gasteiger partial charge in [0.25, 0.3) is 0 Å². The van der Waals surface area contributed by atoms with Crippen molar-refractivity contribution < 1.29 is 4.74 Å². The van der Waals surface area contributed by atoms with Crippen molar-refractivity contribution in [2.75, 3.05) is 37.0 Å². The topological polar surface area (TPSA) is 56.1 Å². The second-order valence-electron chi connectivity index (χ2n) is 5.92. The predicted octanol–water partition coefficient (Wildman–Crippen LogP) is 3.40. The maximum absolute atomic E-state index is 5.48. The molecule has 26 heavy (non-hydrogen) atoms. The number of rotatable bonds is 5. The van der Waals surface area contributed by atoms with Gasteiger partial charge in [-0.1, -0.05) is 49.0 Å². The second-order valence-corrected chi connectivity index (χ2v) is 7.15. The molecule has 0 spiro atoms. The van der Waals surface area contributed by atoms with Gasteiger partial charge in [-0.05, 0) is 17.4 Å². The number of thioether (sulfide) groups is 1. The molecule has 0 saturated carbocycles. The fraction of sp³-hybridized carbons (Fsp3) is 0.316. The highest BCUT2D eigenvalue weighted by atomic mass is 32.2. The van der Waals surface area contributed by atoms with E-state index in [1.54, 1.807) is 11.8 Å².